The molecule has 0 bridgehead atoms. The minimum atomic E-state index is 0.178. The van der Waals surface area contributed by atoms with Gasteiger partial charge in [-0.15, -0.1) is 0 Å². The Morgan fingerprint density at radius 3 is 2.30 bits per heavy atom. The van der Waals surface area contributed by atoms with Crippen LogP contribution >= 0.6 is 0 Å². The Morgan fingerprint density at radius 1 is 1.10 bits per heavy atom. The quantitative estimate of drug-likeness (QED) is 0.826. The van der Waals surface area contributed by atoms with Crippen LogP contribution in [0.25, 0.3) is 0 Å². The molecule has 2 heterocycles. The summed E-state index contributed by atoms with van der Waals surface area (Å²) in [4.78, 5) is 9.40. The summed E-state index contributed by atoms with van der Waals surface area (Å²) < 4.78 is 5.57. The third-order valence-corrected chi connectivity index (χ3v) is 3.70. The van der Waals surface area contributed by atoms with Gasteiger partial charge in [-0.2, -0.15) is 0 Å². The summed E-state index contributed by atoms with van der Waals surface area (Å²) in [6.07, 6.45) is 2.12. The summed E-state index contributed by atoms with van der Waals surface area (Å²) in [6, 6.07) is 4.76. The van der Waals surface area contributed by atoms with Crippen LogP contribution < -0.4 is 4.74 Å². The molecular weight excluding hydrogens is 250 g/mol. The minimum Gasteiger partial charge on any atom is -0.475 e. The van der Waals surface area contributed by atoms with Crippen LogP contribution in [0.3, 0.4) is 0 Å². The van der Waals surface area contributed by atoms with Crippen LogP contribution in [0.15, 0.2) is 18.3 Å². The number of rotatable bonds is 5. The molecule has 0 aliphatic carbocycles. The van der Waals surface area contributed by atoms with Crippen molar-refractivity contribution in [1.29, 1.82) is 0 Å². The van der Waals surface area contributed by atoms with Crippen molar-refractivity contribution in [2.75, 3.05) is 26.2 Å². The smallest absolute Gasteiger partial charge is 0.213 e. The molecule has 0 unspecified atom stereocenters. The van der Waals surface area contributed by atoms with Gasteiger partial charge in [0.25, 0.3) is 0 Å². The summed E-state index contributed by atoms with van der Waals surface area (Å²) in [5.41, 5.74) is 1.26. The zero-order chi connectivity index (χ0) is 14.5. The average molecular weight is 277 g/mol. The van der Waals surface area contributed by atoms with E-state index in [-0.39, 0.29) is 6.10 Å². The predicted molar refractivity (Wildman–Crippen MR) is 82.0 cm³/mol. The van der Waals surface area contributed by atoms with E-state index in [0.29, 0.717) is 11.9 Å². The third-order valence-electron chi connectivity index (χ3n) is 3.70. The number of nitrogens with zero attached hydrogens (tertiary/aromatic N) is 3. The van der Waals surface area contributed by atoms with Crippen molar-refractivity contribution >= 4 is 0 Å². The van der Waals surface area contributed by atoms with E-state index in [1.807, 2.05) is 26.1 Å². The molecule has 0 radical (unpaired) electrons. The molecule has 1 saturated heterocycles. The van der Waals surface area contributed by atoms with Crippen molar-refractivity contribution in [3.05, 3.63) is 23.9 Å². The SMILES string of the molecule is CC(C)Oc1ccc(CN2CCN(C(C)C)CC2)cn1. The maximum absolute atomic E-state index is 5.57. The van der Waals surface area contributed by atoms with E-state index in [0.717, 1.165) is 19.6 Å². The van der Waals surface area contributed by atoms with Gasteiger partial charge in [0.1, 0.15) is 0 Å². The Kier molecular flexibility index (Phi) is 5.38. The first-order valence-corrected chi connectivity index (χ1v) is 7.62. The molecule has 1 fully saturated rings. The molecule has 4 nitrogen and oxygen atoms in total. The fourth-order valence-corrected chi connectivity index (χ4v) is 2.51. The number of pyridine rings is 1. The van der Waals surface area contributed by atoms with E-state index in [1.165, 1.54) is 18.7 Å². The Labute approximate surface area is 122 Å². The van der Waals surface area contributed by atoms with Gasteiger partial charge in [-0.25, -0.2) is 4.98 Å². The molecule has 0 spiro atoms. The number of aromatic nitrogens is 1. The zero-order valence-corrected chi connectivity index (χ0v) is 13.2. The Balaban J connectivity index is 1.82. The predicted octanol–water partition coefficient (Wildman–Crippen LogP) is 2.39. The number of piperazine rings is 1. The summed E-state index contributed by atoms with van der Waals surface area (Å²) in [5, 5.41) is 0. The van der Waals surface area contributed by atoms with Crippen LogP contribution in [-0.2, 0) is 6.54 Å². The fourth-order valence-electron chi connectivity index (χ4n) is 2.51. The average Bonchev–Trinajstić information content (AvgIpc) is 2.41. The lowest BCUT2D eigenvalue weighted by Gasteiger charge is -2.36. The molecule has 0 aromatic carbocycles. The molecule has 0 N–H and O–H groups in total. The molecule has 1 aliphatic heterocycles. The Hall–Kier alpha value is -1.13. The number of hydrogen-bond donors (Lipinski definition) is 0. The summed E-state index contributed by atoms with van der Waals surface area (Å²) >= 11 is 0. The van der Waals surface area contributed by atoms with Crippen molar-refractivity contribution < 1.29 is 4.74 Å². The summed E-state index contributed by atoms with van der Waals surface area (Å²) in [6.45, 7) is 14.2. The van der Waals surface area contributed by atoms with Gasteiger partial charge in [-0.3, -0.25) is 9.80 Å². The van der Waals surface area contributed by atoms with Crippen molar-refractivity contribution in [3.63, 3.8) is 0 Å². The van der Waals surface area contributed by atoms with Gasteiger partial charge < -0.3 is 4.74 Å². The summed E-state index contributed by atoms with van der Waals surface area (Å²) in [7, 11) is 0. The van der Waals surface area contributed by atoms with Crippen LogP contribution in [0.4, 0.5) is 0 Å². The van der Waals surface area contributed by atoms with Crippen LogP contribution in [0.2, 0.25) is 0 Å². The molecule has 1 aromatic heterocycles. The lowest BCUT2D eigenvalue weighted by Crippen LogP contribution is -2.48. The molecular formula is C16H27N3O. The molecule has 0 atom stereocenters. The highest BCUT2D eigenvalue weighted by Gasteiger charge is 2.18. The van der Waals surface area contributed by atoms with Gasteiger partial charge in [0.2, 0.25) is 5.88 Å². The van der Waals surface area contributed by atoms with Gasteiger partial charge in [0, 0.05) is 51.0 Å². The molecule has 0 saturated carbocycles. The van der Waals surface area contributed by atoms with Crippen LogP contribution in [-0.4, -0.2) is 53.1 Å². The fraction of sp³-hybridized carbons (Fsp3) is 0.688. The van der Waals surface area contributed by atoms with Crippen molar-refractivity contribution in [2.24, 2.45) is 0 Å². The van der Waals surface area contributed by atoms with Crippen molar-refractivity contribution in [3.8, 4) is 5.88 Å². The third kappa shape index (κ3) is 4.46. The van der Waals surface area contributed by atoms with Gasteiger partial charge in [-0.05, 0) is 33.3 Å². The number of hydrogen-bond acceptors (Lipinski definition) is 4. The lowest BCUT2D eigenvalue weighted by molar-refractivity contribution is 0.104. The molecule has 20 heavy (non-hydrogen) atoms. The molecule has 4 heteroatoms. The van der Waals surface area contributed by atoms with Gasteiger partial charge >= 0.3 is 0 Å². The lowest BCUT2D eigenvalue weighted by atomic mass is 10.2. The molecule has 0 amide bonds. The first-order valence-electron chi connectivity index (χ1n) is 7.62. The highest BCUT2D eigenvalue weighted by molar-refractivity contribution is 5.18. The van der Waals surface area contributed by atoms with E-state index in [4.69, 9.17) is 4.74 Å². The maximum atomic E-state index is 5.57. The second-order valence-electron chi connectivity index (χ2n) is 6.08. The van der Waals surface area contributed by atoms with E-state index in [2.05, 4.69) is 34.7 Å². The molecule has 1 aromatic rings. The van der Waals surface area contributed by atoms with E-state index in [9.17, 15) is 0 Å². The molecule has 1 aliphatic rings. The van der Waals surface area contributed by atoms with Crippen molar-refractivity contribution in [2.45, 2.75) is 46.4 Å². The van der Waals surface area contributed by atoms with E-state index < -0.39 is 0 Å². The van der Waals surface area contributed by atoms with Crippen molar-refractivity contribution in [1.82, 2.24) is 14.8 Å². The Bertz CT molecular complexity index is 395. The first kappa shape index (κ1) is 15.3. The Morgan fingerprint density at radius 2 is 1.80 bits per heavy atom. The first-order chi connectivity index (χ1) is 9.54. The summed E-state index contributed by atoms with van der Waals surface area (Å²) in [5.74, 6) is 0.716. The second-order valence-corrected chi connectivity index (χ2v) is 6.08. The standard InChI is InChI=1S/C16H27N3O/c1-13(2)19-9-7-18(8-10-19)12-15-5-6-16(17-11-15)20-14(3)4/h5-6,11,13-14H,7-10,12H2,1-4H3. The maximum Gasteiger partial charge on any atom is 0.213 e. The highest BCUT2D eigenvalue weighted by Crippen LogP contribution is 2.13. The van der Waals surface area contributed by atoms with Gasteiger partial charge in [0.05, 0.1) is 6.10 Å². The number of ether oxygens (including phenoxy) is 1. The van der Waals surface area contributed by atoms with E-state index >= 15 is 0 Å². The van der Waals surface area contributed by atoms with Crippen LogP contribution in [0.5, 0.6) is 5.88 Å². The van der Waals surface area contributed by atoms with Crippen LogP contribution in [0.1, 0.15) is 33.3 Å². The minimum absolute atomic E-state index is 0.178. The second kappa shape index (κ2) is 7.04. The highest BCUT2D eigenvalue weighted by atomic mass is 16.5. The van der Waals surface area contributed by atoms with Gasteiger partial charge in [0.15, 0.2) is 0 Å². The molecule has 112 valence electrons. The largest absolute Gasteiger partial charge is 0.475 e. The van der Waals surface area contributed by atoms with Crippen LogP contribution in [0, 0.1) is 0 Å². The van der Waals surface area contributed by atoms with Gasteiger partial charge in [-0.1, -0.05) is 6.07 Å². The van der Waals surface area contributed by atoms with E-state index in [1.54, 1.807) is 0 Å². The monoisotopic (exact) mass is 277 g/mol. The normalized spacial score (nSPS) is 17.9. The topological polar surface area (TPSA) is 28.6 Å². The zero-order valence-electron chi connectivity index (χ0n) is 13.2. The molecule has 2 rings (SSSR count).